The summed E-state index contributed by atoms with van der Waals surface area (Å²) in [6, 6.07) is 10.6. The highest BCUT2D eigenvalue weighted by atomic mass is 16.5. The molecule has 1 atom stereocenters. The van der Waals surface area contributed by atoms with Crippen LogP contribution in [-0.2, 0) is 18.8 Å². The fourth-order valence-electron chi connectivity index (χ4n) is 3.45. The number of nitrogens with zero attached hydrogens (tertiary/aromatic N) is 3. The summed E-state index contributed by atoms with van der Waals surface area (Å²) in [4.78, 5) is 38.8. The van der Waals surface area contributed by atoms with Gasteiger partial charge in [-0.25, -0.2) is 4.79 Å². The summed E-state index contributed by atoms with van der Waals surface area (Å²) in [5.41, 5.74) is -1.61. The number of methoxy groups -OCH3 is 1. The van der Waals surface area contributed by atoms with Gasteiger partial charge in [0, 0.05) is 33.8 Å². The van der Waals surface area contributed by atoms with Crippen molar-refractivity contribution in [2.75, 3.05) is 26.8 Å². The molecule has 150 valence electrons. The lowest BCUT2D eigenvalue weighted by atomic mass is 9.93. The molecule has 1 aromatic heterocycles. The SMILES string of the molecule is CO[C@]1(COc2ccccc2)CCCN(C(=O)c2cc(=O)n(C)c(=O)n2C)C1. The molecule has 1 amide bonds. The molecule has 0 unspecified atom stereocenters. The topological polar surface area (TPSA) is 82.8 Å². The molecular weight excluding hydrogens is 362 g/mol. The highest BCUT2D eigenvalue weighted by Gasteiger charge is 2.39. The van der Waals surface area contributed by atoms with E-state index in [-0.39, 0.29) is 11.6 Å². The molecule has 1 aliphatic heterocycles. The molecule has 0 aliphatic carbocycles. The van der Waals surface area contributed by atoms with Crippen molar-refractivity contribution in [3.63, 3.8) is 0 Å². The predicted molar refractivity (Wildman–Crippen MR) is 104 cm³/mol. The van der Waals surface area contributed by atoms with Crippen LogP contribution in [0.4, 0.5) is 0 Å². The van der Waals surface area contributed by atoms with Crippen LogP contribution in [0.15, 0.2) is 46.0 Å². The minimum atomic E-state index is -0.650. The van der Waals surface area contributed by atoms with E-state index in [1.807, 2.05) is 30.3 Å². The number of benzene rings is 1. The van der Waals surface area contributed by atoms with Crippen LogP contribution in [0, 0.1) is 0 Å². The van der Waals surface area contributed by atoms with Gasteiger partial charge in [0.1, 0.15) is 23.7 Å². The lowest BCUT2D eigenvalue weighted by molar-refractivity contribution is -0.0826. The van der Waals surface area contributed by atoms with E-state index < -0.39 is 16.9 Å². The van der Waals surface area contributed by atoms with E-state index in [1.165, 1.54) is 24.7 Å². The van der Waals surface area contributed by atoms with E-state index in [9.17, 15) is 14.4 Å². The molecule has 0 radical (unpaired) electrons. The molecule has 1 aromatic carbocycles. The fourth-order valence-corrected chi connectivity index (χ4v) is 3.45. The average molecular weight is 387 g/mol. The molecular formula is C20H25N3O5. The molecule has 8 nitrogen and oxygen atoms in total. The Hall–Kier alpha value is -2.87. The van der Waals surface area contributed by atoms with Crippen LogP contribution in [0.3, 0.4) is 0 Å². The average Bonchev–Trinajstić information content (AvgIpc) is 2.73. The normalized spacial score (nSPS) is 19.5. The maximum atomic E-state index is 13.0. The van der Waals surface area contributed by atoms with Gasteiger partial charge in [0.2, 0.25) is 0 Å². The smallest absolute Gasteiger partial charge is 0.331 e. The molecule has 0 bridgehead atoms. The van der Waals surface area contributed by atoms with Crippen molar-refractivity contribution in [3.8, 4) is 5.75 Å². The Morgan fingerprint density at radius 2 is 1.86 bits per heavy atom. The summed E-state index contributed by atoms with van der Waals surface area (Å²) in [6.07, 6.45) is 1.48. The van der Waals surface area contributed by atoms with Crippen molar-refractivity contribution in [1.29, 1.82) is 0 Å². The van der Waals surface area contributed by atoms with Gasteiger partial charge in [-0.3, -0.25) is 18.7 Å². The third kappa shape index (κ3) is 3.87. The first-order valence-corrected chi connectivity index (χ1v) is 9.16. The second-order valence-electron chi connectivity index (χ2n) is 7.09. The molecule has 28 heavy (non-hydrogen) atoms. The van der Waals surface area contributed by atoms with Crippen LogP contribution in [0.2, 0.25) is 0 Å². The van der Waals surface area contributed by atoms with Gasteiger partial charge < -0.3 is 14.4 Å². The van der Waals surface area contributed by atoms with E-state index >= 15 is 0 Å². The Labute approximate surface area is 162 Å². The largest absolute Gasteiger partial charge is 0.491 e. The Kier molecular flexibility index (Phi) is 5.69. The molecule has 0 saturated carbocycles. The van der Waals surface area contributed by atoms with Crippen molar-refractivity contribution in [3.05, 3.63) is 62.9 Å². The van der Waals surface area contributed by atoms with Crippen molar-refractivity contribution in [1.82, 2.24) is 14.0 Å². The molecule has 8 heteroatoms. The molecule has 1 fully saturated rings. The van der Waals surface area contributed by atoms with Gasteiger partial charge in [-0.15, -0.1) is 0 Å². The first-order valence-electron chi connectivity index (χ1n) is 9.16. The monoisotopic (exact) mass is 387 g/mol. The van der Waals surface area contributed by atoms with Gasteiger partial charge in [-0.05, 0) is 25.0 Å². The van der Waals surface area contributed by atoms with E-state index in [0.29, 0.717) is 19.7 Å². The van der Waals surface area contributed by atoms with Crippen LogP contribution in [0.1, 0.15) is 23.3 Å². The summed E-state index contributed by atoms with van der Waals surface area (Å²) in [5, 5.41) is 0. The maximum absolute atomic E-state index is 13.0. The Balaban J connectivity index is 1.81. The van der Waals surface area contributed by atoms with E-state index in [0.717, 1.165) is 23.2 Å². The highest BCUT2D eigenvalue weighted by Crippen LogP contribution is 2.27. The Bertz CT molecular complexity index is 966. The number of para-hydroxylation sites is 1. The summed E-state index contributed by atoms with van der Waals surface area (Å²) >= 11 is 0. The summed E-state index contributed by atoms with van der Waals surface area (Å²) < 4.78 is 13.8. The van der Waals surface area contributed by atoms with E-state index in [1.54, 1.807) is 12.0 Å². The number of carbonyl (C=O) groups excluding carboxylic acids is 1. The van der Waals surface area contributed by atoms with Gasteiger partial charge in [-0.2, -0.15) is 0 Å². The Morgan fingerprint density at radius 1 is 1.14 bits per heavy atom. The van der Waals surface area contributed by atoms with Gasteiger partial charge in [0.25, 0.3) is 11.5 Å². The van der Waals surface area contributed by atoms with Gasteiger partial charge in [0.05, 0.1) is 6.54 Å². The Morgan fingerprint density at radius 3 is 2.54 bits per heavy atom. The standard InChI is InChI=1S/C20H25N3O5/c1-21-16(12-17(24)22(2)19(21)26)18(25)23-11-7-10-20(13-23,27-3)14-28-15-8-5-4-6-9-15/h4-6,8-9,12H,7,10-11,13-14H2,1-3H3/t20-/m1/s1. The number of aromatic nitrogens is 2. The van der Waals surface area contributed by atoms with Crippen molar-refractivity contribution >= 4 is 5.91 Å². The number of hydrogen-bond acceptors (Lipinski definition) is 5. The number of hydrogen-bond donors (Lipinski definition) is 0. The molecule has 0 spiro atoms. The molecule has 2 aromatic rings. The lowest BCUT2D eigenvalue weighted by Crippen LogP contribution is -2.55. The third-order valence-corrected chi connectivity index (χ3v) is 5.25. The first-order chi connectivity index (χ1) is 13.4. The van der Waals surface area contributed by atoms with Gasteiger partial charge >= 0.3 is 5.69 Å². The second-order valence-corrected chi connectivity index (χ2v) is 7.09. The van der Waals surface area contributed by atoms with Gasteiger partial charge in [0.15, 0.2) is 0 Å². The molecule has 3 rings (SSSR count). The maximum Gasteiger partial charge on any atom is 0.331 e. The lowest BCUT2D eigenvalue weighted by Gasteiger charge is -2.41. The summed E-state index contributed by atoms with van der Waals surface area (Å²) in [7, 11) is 4.48. The zero-order valence-corrected chi connectivity index (χ0v) is 16.4. The van der Waals surface area contributed by atoms with Crippen molar-refractivity contribution < 1.29 is 14.3 Å². The zero-order valence-electron chi connectivity index (χ0n) is 16.4. The number of carbonyl (C=O) groups is 1. The van der Waals surface area contributed by atoms with E-state index in [4.69, 9.17) is 9.47 Å². The second kappa shape index (κ2) is 8.02. The summed E-state index contributed by atoms with van der Waals surface area (Å²) in [5.74, 6) is 0.370. The minimum Gasteiger partial charge on any atom is -0.491 e. The van der Waals surface area contributed by atoms with E-state index in [2.05, 4.69) is 0 Å². The van der Waals surface area contributed by atoms with Crippen LogP contribution in [0.25, 0.3) is 0 Å². The molecule has 1 saturated heterocycles. The van der Waals surface area contributed by atoms with Crippen LogP contribution >= 0.6 is 0 Å². The fraction of sp³-hybridized carbons (Fsp3) is 0.450. The van der Waals surface area contributed by atoms with Crippen LogP contribution in [-0.4, -0.2) is 52.3 Å². The minimum absolute atomic E-state index is 0.0731. The first kappa shape index (κ1) is 19.9. The number of piperidine rings is 1. The van der Waals surface area contributed by atoms with Crippen molar-refractivity contribution in [2.45, 2.75) is 18.4 Å². The van der Waals surface area contributed by atoms with Gasteiger partial charge in [-0.1, -0.05) is 18.2 Å². The van der Waals surface area contributed by atoms with Crippen molar-refractivity contribution in [2.24, 2.45) is 14.1 Å². The van der Waals surface area contributed by atoms with Crippen LogP contribution < -0.4 is 16.0 Å². The van der Waals surface area contributed by atoms with Crippen LogP contribution in [0.5, 0.6) is 5.75 Å². The molecule has 2 heterocycles. The number of amides is 1. The number of rotatable bonds is 5. The predicted octanol–water partition coefficient (Wildman–Crippen LogP) is 0.784. The number of likely N-dealkylation sites (tertiary alicyclic amines) is 1. The zero-order chi connectivity index (χ0) is 20.3. The molecule has 1 aliphatic rings. The molecule has 0 N–H and O–H groups in total. The number of ether oxygens (including phenoxy) is 2. The summed E-state index contributed by atoms with van der Waals surface area (Å²) in [6.45, 7) is 1.14. The highest BCUT2D eigenvalue weighted by molar-refractivity contribution is 5.92. The third-order valence-electron chi connectivity index (χ3n) is 5.25. The quantitative estimate of drug-likeness (QED) is 0.757.